The minimum Gasteiger partial charge on any atom is -0.478 e. The molecule has 5 aromatic rings. The fourth-order valence-electron chi connectivity index (χ4n) is 4.73. The van der Waals surface area contributed by atoms with Crippen LogP contribution in [-0.4, -0.2) is 21.6 Å². The molecule has 0 aliphatic heterocycles. The van der Waals surface area contributed by atoms with Crippen molar-refractivity contribution in [1.29, 1.82) is 0 Å². The molecule has 41 heavy (non-hydrogen) atoms. The monoisotopic (exact) mass is 560 g/mol. The molecule has 0 aliphatic rings. The summed E-state index contributed by atoms with van der Waals surface area (Å²) in [4.78, 5) is 24.9. The number of hydrogen-bond acceptors (Lipinski definition) is 2. The van der Waals surface area contributed by atoms with Gasteiger partial charge >= 0.3 is 12.1 Å². The third-order valence-corrected chi connectivity index (χ3v) is 6.92. The molecule has 1 atom stereocenters. The van der Waals surface area contributed by atoms with Gasteiger partial charge in [-0.25, -0.2) is 9.18 Å². The molecule has 9 heteroatoms. The number of aromatic nitrogens is 1. The highest BCUT2D eigenvalue weighted by molar-refractivity contribution is 6.08. The molecule has 0 saturated carbocycles. The smallest absolute Gasteiger partial charge is 0.416 e. The first-order valence-electron chi connectivity index (χ1n) is 12.7. The Labute approximate surface area is 232 Å². The summed E-state index contributed by atoms with van der Waals surface area (Å²) < 4.78 is 54.5. The minimum atomic E-state index is -4.44. The summed E-state index contributed by atoms with van der Waals surface area (Å²) in [6.45, 7) is 2.00. The van der Waals surface area contributed by atoms with E-state index in [0.717, 1.165) is 17.5 Å². The molecule has 5 rings (SSSR count). The second kappa shape index (κ2) is 10.9. The van der Waals surface area contributed by atoms with Crippen molar-refractivity contribution in [2.24, 2.45) is 0 Å². The molecule has 208 valence electrons. The number of aromatic carboxylic acids is 1. The predicted molar refractivity (Wildman–Crippen MR) is 147 cm³/mol. The number of nitrogens with zero attached hydrogens (tertiary/aromatic N) is 1. The van der Waals surface area contributed by atoms with E-state index in [0.29, 0.717) is 33.3 Å². The molecule has 1 heterocycles. The van der Waals surface area contributed by atoms with Gasteiger partial charge in [0.1, 0.15) is 5.82 Å². The number of carboxylic acids is 1. The zero-order valence-corrected chi connectivity index (χ0v) is 21.7. The van der Waals surface area contributed by atoms with Crippen LogP contribution in [0, 0.1) is 5.82 Å². The van der Waals surface area contributed by atoms with Crippen LogP contribution in [0.5, 0.6) is 0 Å². The number of carboxylic acid groups (broad SMARTS) is 1. The molecule has 0 aliphatic carbocycles. The Hall–Kier alpha value is -4.92. The molecule has 4 aromatic carbocycles. The molecule has 0 bridgehead atoms. The van der Waals surface area contributed by atoms with Crippen LogP contribution in [-0.2, 0) is 12.7 Å². The Morgan fingerprint density at radius 1 is 0.878 bits per heavy atom. The van der Waals surface area contributed by atoms with Crippen molar-refractivity contribution in [3.05, 3.63) is 131 Å². The third-order valence-electron chi connectivity index (χ3n) is 6.92. The van der Waals surface area contributed by atoms with Gasteiger partial charge in [-0.15, -0.1) is 0 Å². The number of carbonyl (C=O) groups is 2. The first kappa shape index (κ1) is 27.6. The SMILES string of the molecule is C[C@H](NC(=O)c1cc(-c2ccc(F)cc2)cc2ccn(Cc3ccc(C(F)(F)F)cc3)c12)c1ccc(C(=O)O)cc1. The number of fused-ring (bicyclic) bond motifs is 1. The van der Waals surface area contributed by atoms with Gasteiger partial charge in [0.2, 0.25) is 0 Å². The standard InChI is InChI=1S/C32H24F4N2O3/c1-19(21-4-6-23(7-5-21)31(40)41)37-30(39)28-17-25(22-8-12-27(33)13-9-22)16-24-14-15-38(29(24)28)18-20-2-10-26(11-3-20)32(34,35)36/h2-17,19H,18H2,1H3,(H,37,39)(H,40,41)/t19-/m0/s1. The van der Waals surface area contributed by atoms with E-state index < -0.39 is 35.5 Å². The summed E-state index contributed by atoms with van der Waals surface area (Å²) >= 11 is 0. The van der Waals surface area contributed by atoms with E-state index >= 15 is 0 Å². The van der Waals surface area contributed by atoms with Crippen molar-refractivity contribution >= 4 is 22.8 Å². The molecule has 2 N–H and O–H groups in total. The van der Waals surface area contributed by atoms with Gasteiger partial charge < -0.3 is 15.0 Å². The van der Waals surface area contributed by atoms with Gasteiger partial charge in [-0.2, -0.15) is 13.2 Å². The van der Waals surface area contributed by atoms with Gasteiger partial charge in [0.05, 0.1) is 28.2 Å². The number of amides is 1. The number of hydrogen-bond donors (Lipinski definition) is 2. The maximum Gasteiger partial charge on any atom is 0.416 e. The molecule has 1 aromatic heterocycles. The zero-order chi connectivity index (χ0) is 29.3. The van der Waals surface area contributed by atoms with Crippen LogP contribution in [0.3, 0.4) is 0 Å². The van der Waals surface area contributed by atoms with E-state index in [1.165, 1.54) is 36.4 Å². The molecular weight excluding hydrogens is 536 g/mol. The number of halogens is 4. The van der Waals surface area contributed by atoms with E-state index in [9.17, 15) is 27.2 Å². The highest BCUT2D eigenvalue weighted by Gasteiger charge is 2.30. The first-order valence-corrected chi connectivity index (χ1v) is 12.7. The fourth-order valence-corrected chi connectivity index (χ4v) is 4.73. The summed E-state index contributed by atoms with van der Waals surface area (Å²) in [5, 5.41) is 12.8. The lowest BCUT2D eigenvalue weighted by Gasteiger charge is -2.17. The Morgan fingerprint density at radius 2 is 1.54 bits per heavy atom. The molecular formula is C32H24F4N2O3. The van der Waals surface area contributed by atoms with Crippen molar-refractivity contribution in [2.45, 2.75) is 25.7 Å². The van der Waals surface area contributed by atoms with Crippen LogP contribution in [0.2, 0.25) is 0 Å². The predicted octanol–water partition coefficient (Wildman–Crippen LogP) is 7.70. The van der Waals surface area contributed by atoms with Crippen molar-refractivity contribution in [3.8, 4) is 11.1 Å². The average molecular weight is 561 g/mol. The highest BCUT2D eigenvalue weighted by atomic mass is 19.4. The Balaban J connectivity index is 1.52. The van der Waals surface area contributed by atoms with Gasteiger partial charge in [0.15, 0.2) is 0 Å². The number of rotatable bonds is 7. The number of benzene rings is 4. The third kappa shape index (κ3) is 5.99. The van der Waals surface area contributed by atoms with Crippen LogP contribution < -0.4 is 5.32 Å². The maximum absolute atomic E-state index is 13.7. The van der Waals surface area contributed by atoms with E-state index in [2.05, 4.69) is 5.32 Å². The molecule has 0 spiro atoms. The summed E-state index contributed by atoms with van der Waals surface area (Å²) in [5.74, 6) is -1.85. The van der Waals surface area contributed by atoms with E-state index in [1.807, 2.05) is 12.1 Å². The molecule has 0 radical (unpaired) electrons. The van der Waals surface area contributed by atoms with Crippen LogP contribution in [0.4, 0.5) is 17.6 Å². The van der Waals surface area contributed by atoms with Gasteiger partial charge in [0, 0.05) is 18.1 Å². The van der Waals surface area contributed by atoms with Crippen LogP contribution in [0.25, 0.3) is 22.0 Å². The normalized spacial score (nSPS) is 12.3. The highest BCUT2D eigenvalue weighted by Crippen LogP contribution is 2.32. The van der Waals surface area contributed by atoms with Crippen molar-refractivity contribution in [1.82, 2.24) is 9.88 Å². The van der Waals surface area contributed by atoms with Gasteiger partial charge in [0.25, 0.3) is 5.91 Å². The summed E-state index contributed by atoms with van der Waals surface area (Å²) in [7, 11) is 0. The second-order valence-electron chi connectivity index (χ2n) is 9.73. The second-order valence-corrected chi connectivity index (χ2v) is 9.73. The van der Waals surface area contributed by atoms with Crippen LogP contribution in [0.1, 0.15) is 50.4 Å². The molecule has 1 amide bonds. The number of alkyl halides is 3. The lowest BCUT2D eigenvalue weighted by atomic mass is 9.99. The lowest BCUT2D eigenvalue weighted by molar-refractivity contribution is -0.137. The van der Waals surface area contributed by atoms with Gasteiger partial charge in [-0.05, 0) is 83.8 Å². The Kier molecular flexibility index (Phi) is 7.36. The van der Waals surface area contributed by atoms with E-state index in [4.69, 9.17) is 5.11 Å². The fraction of sp³-hybridized carbons (Fsp3) is 0.125. The van der Waals surface area contributed by atoms with Crippen molar-refractivity contribution in [3.63, 3.8) is 0 Å². The van der Waals surface area contributed by atoms with Crippen LogP contribution >= 0.6 is 0 Å². The number of carbonyl (C=O) groups excluding carboxylic acids is 1. The topological polar surface area (TPSA) is 71.3 Å². The van der Waals surface area contributed by atoms with E-state index in [1.54, 1.807) is 48.0 Å². The van der Waals surface area contributed by atoms with Gasteiger partial charge in [-0.3, -0.25) is 4.79 Å². The van der Waals surface area contributed by atoms with Crippen LogP contribution in [0.15, 0.2) is 97.2 Å². The van der Waals surface area contributed by atoms with E-state index in [-0.39, 0.29) is 12.1 Å². The number of nitrogens with one attached hydrogen (secondary N) is 1. The largest absolute Gasteiger partial charge is 0.478 e. The molecule has 5 nitrogen and oxygen atoms in total. The quantitative estimate of drug-likeness (QED) is 0.200. The summed E-state index contributed by atoms with van der Waals surface area (Å²) in [6, 6.07) is 21.9. The minimum absolute atomic E-state index is 0.127. The van der Waals surface area contributed by atoms with Crippen molar-refractivity contribution in [2.75, 3.05) is 0 Å². The summed E-state index contributed by atoms with van der Waals surface area (Å²) in [5.41, 5.74) is 3.01. The Bertz CT molecular complexity index is 1720. The Morgan fingerprint density at radius 3 is 2.15 bits per heavy atom. The lowest BCUT2D eigenvalue weighted by Crippen LogP contribution is -2.27. The molecule has 0 unspecified atom stereocenters. The summed E-state index contributed by atoms with van der Waals surface area (Å²) in [6.07, 6.45) is -2.67. The first-order chi connectivity index (χ1) is 19.5. The zero-order valence-electron chi connectivity index (χ0n) is 21.7. The van der Waals surface area contributed by atoms with Gasteiger partial charge in [-0.1, -0.05) is 36.4 Å². The maximum atomic E-state index is 13.7. The average Bonchev–Trinajstić information content (AvgIpc) is 3.35. The molecule has 0 fully saturated rings. The van der Waals surface area contributed by atoms with Crippen molar-refractivity contribution < 1.29 is 32.3 Å². The molecule has 0 saturated heterocycles.